The number of fused-ring (bicyclic) bond motifs is 1. The van der Waals surface area contributed by atoms with Crippen LogP contribution < -0.4 is 10.7 Å². The molecule has 0 fully saturated rings. The molecular weight excluding hydrogens is 390 g/mol. The molecule has 1 atom stereocenters. The predicted octanol–water partition coefficient (Wildman–Crippen LogP) is 1.03. The number of phenolic OH excluding ortho intramolecular Hbond substituents is 1. The highest BCUT2D eigenvalue weighted by Gasteiger charge is 2.24. The molecule has 0 aliphatic rings. The van der Waals surface area contributed by atoms with Crippen LogP contribution in [0.15, 0.2) is 47.4 Å². The van der Waals surface area contributed by atoms with Crippen molar-refractivity contribution >= 4 is 22.9 Å². The van der Waals surface area contributed by atoms with Gasteiger partial charge >= 0.3 is 5.97 Å². The van der Waals surface area contributed by atoms with Crippen LogP contribution in [0.2, 0.25) is 0 Å². The van der Waals surface area contributed by atoms with Gasteiger partial charge in [0.2, 0.25) is 5.43 Å². The maximum absolute atomic E-state index is 12.8. The molecule has 9 nitrogen and oxygen atoms in total. The number of aliphatic carboxylic acids is 1. The number of carboxylic acids is 1. The molecule has 0 saturated heterocycles. The van der Waals surface area contributed by atoms with E-state index in [9.17, 15) is 24.6 Å². The van der Waals surface area contributed by atoms with Crippen molar-refractivity contribution in [1.29, 1.82) is 0 Å². The van der Waals surface area contributed by atoms with Crippen LogP contribution in [0.25, 0.3) is 11.0 Å². The van der Waals surface area contributed by atoms with Gasteiger partial charge in [0.25, 0.3) is 5.91 Å². The Bertz CT molecular complexity index is 1140. The fourth-order valence-corrected chi connectivity index (χ4v) is 3.07. The number of aromatic hydroxyl groups is 1. The summed E-state index contributed by atoms with van der Waals surface area (Å²) in [6, 6.07) is 8.11. The minimum absolute atomic E-state index is 0. The maximum atomic E-state index is 12.8. The summed E-state index contributed by atoms with van der Waals surface area (Å²) in [5.74, 6) is -1.92. The molecule has 1 aromatic carbocycles. The van der Waals surface area contributed by atoms with E-state index in [0.717, 1.165) is 5.69 Å². The fraction of sp³-hybridized carbons (Fsp3) is 0.238. The van der Waals surface area contributed by atoms with Gasteiger partial charge in [-0.3, -0.25) is 9.59 Å². The van der Waals surface area contributed by atoms with Crippen LogP contribution in [0.5, 0.6) is 5.75 Å². The highest BCUT2D eigenvalue weighted by molar-refractivity contribution is 5.98. The van der Waals surface area contributed by atoms with Gasteiger partial charge in [-0.1, -0.05) is 12.1 Å². The average molecular weight is 413 g/mol. The molecule has 1 amide bonds. The lowest BCUT2D eigenvalue weighted by atomic mass is 10.1. The molecule has 0 radical (unpaired) electrons. The lowest BCUT2D eigenvalue weighted by Crippen LogP contribution is -2.43. The fourth-order valence-electron chi connectivity index (χ4n) is 3.07. The van der Waals surface area contributed by atoms with Gasteiger partial charge in [0.15, 0.2) is 0 Å². The zero-order valence-electron chi connectivity index (χ0n) is 16.5. The highest BCUT2D eigenvalue weighted by atomic mass is 16.4. The van der Waals surface area contributed by atoms with Crippen LogP contribution in [0.1, 0.15) is 28.5 Å². The molecule has 2 aromatic heterocycles. The van der Waals surface area contributed by atoms with Gasteiger partial charge in [-0.15, -0.1) is 0 Å². The quantitative estimate of drug-likeness (QED) is 0.549. The average Bonchev–Trinajstić information content (AvgIpc) is 2.69. The summed E-state index contributed by atoms with van der Waals surface area (Å²) in [6.07, 6.45) is 1.42. The Morgan fingerprint density at radius 2 is 1.83 bits per heavy atom. The molecule has 5 N–H and O–H groups in total. The summed E-state index contributed by atoms with van der Waals surface area (Å²) >= 11 is 0. The number of carbonyl (C=O) groups excluding carboxylic acids is 1. The monoisotopic (exact) mass is 413 g/mol. The number of carboxylic acid groups (broad SMARTS) is 1. The summed E-state index contributed by atoms with van der Waals surface area (Å²) < 4.78 is 1.69. The van der Waals surface area contributed by atoms with Crippen molar-refractivity contribution in [1.82, 2.24) is 14.9 Å². The normalized spacial score (nSPS) is 11.5. The van der Waals surface area contributed by atoms with Crippen LogP contribution in [0.3, 0.4) is 0 Å². The molecular formula is C21H23N3O6. The lowest BCUT2D eigenvalue weighted by Gasteiger charge is -2.16. The standard InChI is InChI=1S/C21H21N3O5.H2O/c1-3-24-11-16(18(26)15-9-4-12(2)22-19(15)24)20(27)23-17(21(28)29)10-13-5-7-14(25)8-6-13;/h4-9,11,17,25H,3,10H2,1-2H3,(H,23,27)(H,28,29);1H2/t17-;/m1./s1. The van der Waals surface area contributed by atoms with Gasteiger partial charge in [-0.2, -0.15) is 0 Å². The number of amides is 1. The molecule has 0 aliphatic carbocycles. The number of pyridine rings is 2. The Kier molecular flexibility index (Phi) is 6.91. The minimum Gasteiger partial charge on any atom is -0.508 e. The molecule has 0 aliphatic heterocycles. The molecule has 30 heavy (non-hydrogen) atoms. The molecule has 3 aromatic rings. The lowest BCUT2D eigenvalue weighted by molar-refractivity contribution is -0.139. The second-order valence-electron chi connectivity index (χ2n) is 6.72. The van der Waals surface area contributed by atoms with Crippen molar-refractivity contribution in [3.05, 3.63) is 69.6 Å². The van der Waals surface area contributed by atoms with Gasteiger partial charge in [0.05, 0.1) is 5.39 Å². The van der Waals surface area contributed by atoms with E-state index in [4.69, 9.17) is 0 Å². The van der Waals surface area contributed by atoms with Gasteiger partial charge < -0.3 is 25.6 Å². The number of nitrogens with one attached hydrogen (secondary N) is 1. The third kappa shape index (κ3) is 4.64. The third-order valence-electron chi connectivity index (χ3n) is 4.63. The van der Waals surface area contributed by atoms with E-state index in [0.29, 0.717) is 23.1 Å². The first kappa shape index (κ1) is 22.6. The number of hydrogen-bond donors (Lipinski definition) is 3. The second-order valence-corrected chi connectivity index (χ2v) is 6.72. The summed E-state index contributed by atoms with van der Waals surface area (Å²) in [5.41, 5.74) is 1.22. The molecule has 2 heterocycles. The van der Waals surface area contributed by atoms with Gasteiger partial charge in [0.1, 0.15) is 23.0 Å². The van der Waals surface area contributed by atoms with Gasteiger partial charge in [-0.05, 0) is 43.7 Å². The topological polar surface area (TPSA) is 153 Å². The molecule has 0 unspecified atom stereocenters. The Hall–Kier alpha value is -3.72. The Morgan fingerprint density at radius 1 is 1.17 bits per heavy atom. The van der Waals surface area contributed by atoms with Crippen LogP contribution in [-0.2, 0) is 17.8 Å². The molecule has 0 spiro atoms. The SMILES string of the molecule is CCn1cc(C(=O)N[C@H](Cc2ccc(O)cc2)C(=O)O)c(=O)c2ccc(C)nc21.O. The van der Waals surface area contributed by atoms with E-state index in [-0.39, 0.29) is 23.2 Å². The number of phenols is 1. The van der Waals surface area contributed by atoms with Crippen LogP contribution in [-0.4, -0.2) is 43.2 Å². The Balaban J connectivity index is 0.00000320. The molecule has 3 rings (SSSR count). The van der Waals surface area contributed by atoms with Gasteiger partial charge in [0, 0.05) is 24.9 Å². The van der Waals surface area contributed by atoms with E-state index in [1.807, 2.05) is 13.8 Å². The number of benzene rings is 1. The Labute approximate surface area is 171 Å². The smallest absolute Gasteiger partial charge is 0.326 e. The first-order valence-corrected chi connectivity index (χ1v) is 9.12. The number of aryl methyl sites for hydroxylation is 2. The van der Waals surface area contributed by atoms with Crippen LogP contribution in [0, 0.1) is 6.92 Å². The van der Waals surface area contributed by atoms with E-state index >= 15 is 0 Å². The predicted molar refractivity (Wildman–Crippen MR) is 111 cm³/mol. The minimum atomic E-state index is -1.23. The van der Waals surface area contributed by atoms with E-state index in [2.05, 4.69) is 10.3 Å². The van der Waals surface area contributed by atoms with Crippen molar-refractivity contribution in [3.8, 4) is 5.75 Å². The summed E-state index contributed by atoms with van der Waals surface area (Å²) in [6.45, 7) is 4.16. The van der Waals surface area contributed by atoms with Crippen molar-refractivity contribution in [2.24, 2.45) is 0 Å². The number of rotatable bonds is 6. The zero-order valence-corrected chi connectivity index (χ0v) is 16.5. The molecule has 158 valence electrons. The molecule has 0 bridgehead atoms. The van der Waals surface area contributed by atoms with E-state index < -0.39 is 23.3 Å². The number of aromatic nitrogens is 2. The summed E-state index contributed by atoms with van der Waals surface area (Å²) in [5, 5.41) is 21.6. The van der Waals surface area contributed by atoms with E-state index in [1.165, 1.54) is 18.3 Å². The first-order valence-electron chi connectivity index (χ1n) is 9.12. The van der Waals surface area contributed by atoms with Gasteiger partial charge in [-0.25, -0.2) is 9.78 Å². The van der Waals surface area contributed by atoms with Crippen molar-refractivity contribution < 1.29 is 25.3 Å². The van der Waals surface area contributed by atoms with Crippen LogP contribution >= 0.6 is 0 Å². The van der Waals surface area contributed by atoms with Crippen molar-refractivity contribution in [3.63, 3.8) is 0 Å². The zero-order chi connectivity index (χ0) is 21.1. The summed E-state index contributed by atoms with van der Waals surface area (Å²) in [7, 11) is 0. The molecule has 0 saturated carbocycles. The van der Waals surface area contributed by atoms with Crippen molar-refractivity contribution in [2.45, 2.75) is 32.9 Å². The summed E-state index contributed by atoms with van der Waals surface area (Å²) in [4.78, 5) is 41.6. The highest BCUT2D eigenvalue weighted by Crippen LogP contribution is 2.13. The first-order chi connectivity index (χ1) is 13.8. The maximum Gasteiger partial charge on any atom is 0.326 e. The van der Waals surface area contributed by atoms with Crippen molar-refractivity contribution in [2.75, 3.05) is 0 Å². The van der Waals surface area contributed by atoms with E-state index in [1.54, 1.807) is 28.8 Å². The van der Waals surface area contributed by atoms with Crippen LogP contribution in [0.4, 0.5) is 0 Å². The third-order valence-corrected chi connectivity index (χ3v) is 4.63. The largest absolute Gasteiger partial charge is 0.508 e. The Morgan fingerprint density at radius 3 is 2.43 bits per heavy atom. The number of carbonyl (C=O) groups is 2. The number of nitrogens with zero attached hydrogens (tertiary/aromatic N) is 2. The number of hydrogen-bond acceptors (Lipinski definition) is 5. The molecule has 9 heteroatoms. The second kappa shape index (κ2) is 9.19.